The molecule has 0 saturated carbocycles. The normalized spacial score (nSPS) is 16.5. The number of esters is 1. The van der Waals surface area contributed by atoms with E-state index >= 15 is 0 Å². The summed E-state index contributed by atoms with van der Waals surface area (Å²) < 4.78 is 5.00. The Labute approximate surface area is 156 Å². The van der Waals surface area contributed by atoms with Gasteiger partial charge in [0.15, 0.2) is 11.9 Å². The van der Waals surface area contributed by atoms with E-state index in [2.05, 4.69) is 10.6 Å². The molecule has 9 heteroatoms. The van der Waals surface area contributed by atoms with Gasteiger partial charge < -0.3 is 15.4 Å². The quantitative estimate of drug-likeness (QED) is 0.436. The molecule has 2 N–H and O–H groups in total. The smallest absolute Gasteiger partial charge is 0.327 e. The number of imide groups is 1. The molecule has 1 fully saturated rings. The average Bonchev–Trinajstić information content (AvgIpc) is 2.76. The Kier molecular flexibility index (Phi) is 5.63. The minimum absolute atomic E-state index is 0.225. The number of rotatable bonds is 6. The fourth-order valence-electron chi connectivity index (χ4n) is 2.51. The summed E-state index contributed by atoms with van der Waals surface area (Å²) in [6.07, 6.45) is -1.19. The molecule has 1 atom stereocenters. The molecule has 1 aromatic rings. The molecule has 9 nitrogen and oxygen atoms in total. The zero-order valence-corrected chi connectivity index (χ0v) is 15.5. The fraction of sp³-hybridized carbons (Fsp3) is 0.389. The number of ketones is 1. The van der Waals surface area contributed by atoms with Gasteiger partial charge in [0, 0.05) is 5.56 Å². The van der Waals surface area contributed by atoms with Crippen molar-refractivity contribution in [2.45, 2.75) is 39.3 Å². The third-order valence-corrected chi connectivity index (χ3v) is 3.97. The Balaban J connectivity index is 1.97. The van der Waals surface area contributed by atoms with Gasteiger partial charge in [0.25, 0.3) is 11.8 Å². The lowest BCUT2D eigenvalue weighted by Crippen LogP contribution is -2.42. The molecule has 1 aromatic carbocycles. The van der Waals surface area contributed by atoms with Crippen LogP contribution < -0.4 is 10.6 Å². The van der Waals surface area contributed by atoms with Crippen LogP contribution in [0.5, 0.6) is 0 Å². The Bertz CT molecular complexity index is 817. The van der Waals surface area contributed by atoms with E-state index in [1.165, 1.54) is 27.7 Å². The molecule has 144 valence electrons. The van der Waals surface area contributed by atoms with Crippen LogP contribution in [0.1, 0.15) is 38.1 Å². The van der Waals surface area contributed by atoms with Crippen molar-refractivity contribution >= 4 is 35.3 Å². The summed E-state index contributed by atoms with van der Waals surface area (Å²) in [5.41, 5.74) is -0.476. The van der Waals surface area contributed by atoms with Crippen LogP contribution in [0, 0.1) is 0 Å². The first-order valence-electron chi connectivity index (χ1n) is 8.27. The number of amides is 4. The second kappa shape index (κ2) is 7.56. The van der Waals surface area contributed by atoms with Gasteiger partial charge >= 0.3 is 12.0 Å². The summed E-state index contributed by atoms with van der Waals surface area (Å²) in [6, 6.07) is 5.73. The van der Waals surface area contributed by atoms with E-state index < -0.39 is 42.0 Å². The van der Waals surface area contributed by atoms with Gasteiger partial charge in [0.2, 0.25) is 0 Å². The topological polar surface area (TPSA) is 122 Å². The number of Topliss-reactive ketones (excluding diaryl/α,β-unsaturated/α-hetero) is 1. The highest BCUT2D eigenvalue weighted by atomic mass is 16.5. The molecular weight excluding hydrogens is 354 g/mol. The number of carbonyl (C=O) groups excluding carboxylic acids is 5. The highest BCUT2D eigenvalue weighted by molar-refractivity contribution is 6.08. The molecule has 27 heavy (non-hydrogen) atoms. The highest BCUT2D eigenvalue weighted by Gasteiger charge is 2.45. The maximum Gasteiger partial charge on any atom is 0.327 e. The third kappa shape index (κ3) is 4.49. The molecule has 0 radical (unpaired) electrons. The van der Waals surface area contributed by atoms with Gasteiger partial charge in [-0.05, 0) is 39.8 Å². The minimum atomic E-state index is -1.19. The number of nitrogens with one attached hydrogen (secondary N) is 2. The molecule has 4 amide bonds. The zero-order valence-electron chi connectivity index (χ0n) is 15.5. The number of hydrogen-bond donors (Lipinski definition) is 2. The van der Waals surface area contributed by atoms with Crippen LogP contribution in [0.25, 0.3) is 0 Å². The van der Waals surface area contributed by atoms with Gasteiger partial charge in [-0.2, -0.15) is 0 Å². The number of anilines is 1. The summed E-state index contributed by atoms with van der Waals surface area (Å²) in [5.74, 6) is -2.33. The van der Waals surface area contributed by atoms with Gasteiger partial charge in [-0.25, -0.2) is 4.79 Å². The second-order valence-corrected chi connectivity index (χ2v) is 6.67. The molecular formula is C18H21N3O6. The maximum atomic E-state index is 12.2. The molecule has 1 aliphatic heterocycles. The van der Waals surface area contributed by atoms with Crippen LogP contribution >= 0.6 is 0 Å². The van der Waals surface area contributed by atoms with Crippen molar-refractivity contribution in [1.29, 1.82) is 0 Å². The van der Waals surface area contributed by atoms with E-state index in [0.29, 0.717) is 11.3 Å². The van der Waals surface area contributed by atoms with E-state index in [1.807, 2.05) is 0 Å². The SMILES string of the molecule is CC(=O)c1ccccc1NC(=O)C(C)OC(=O)CN1C(=O)NC(C)(C)C1=O. The van der Waals surface area contributed by atoms with Crippen LogP contribution in [0.3, 0.4) is 0 Å². The second-order valence-electron chi connectivity index (χ2n) is 6.67. The number of nitrogens with zero attached hydrogens (tertiary/aromatic N) is 1. The molecule has 0 aliphatic carbocycles. The van der Waals surface area contributed by atoms with Crippen molar-refractivity contribution in [3.05, 3.63) is 29.8 Å². The molecule has 0 spiro atoms. The highest BCUT2D eigenvalue weighted by Crippen LogP contribution is 2.18. The van der Waals surface area contributed by atoms with Crippen LogP contribution in [-0.2, 0) is 19.1 Å². The minimum Gasteiger partial charge on any atom is -0.451 e. The third-order valence-electron chi connectivity index (χ3n) is 3.97. The monoisotopic (exact) mass is 375 g/mol. The van der Waals surface area contributed by atoms with Crippen molar-refractivity contribution in [3.63, 3.8) is 0 Å². The first-order valence-corrected chi connectivity index (χ1v) is 8.27. The Morgan fingerprint density at radius 2 is 1.85 bits per heavy atom. The van der Waals surface area contributed by atoms with Crippen LogP contribution in [0.2, 0.25) is 0 Å². The molecule has 1 heterocycles. The zero-order chi connectivity index (χ0) is 20.4. The number of urea groups is 1. The lowest BCUT2D eigenvalue weighted by molar-refractivity contribution is -0.155. The first kappa shape index (κ1) is 20.1. The van der Waals surface area contributed by atoms with Crippen molar-refractivity contribution < 1.29 is 28.7 Å². The summed E-state index contributed by atoms with van der Waals surface area (Å²) in [4.78, 5) is 60.4. The Hall–Kier alpha value is -3.23. The summed E-state index contributed by atoms with van der Waals surface area (Å²) >= 11 is 0. The van der Waals surface area contributed by atoms with E-state index in [1.54, 1.807) is 24.3 Å². The number of carbonyl (C=O) groups is 5. The van der Waals surface area contributed by atoms with Crippen molar-refractivity contribution in [1.82, 2.24) is 10.2 Å². The van der Waals surface area contributed by atoms with Gasteiger partial charge in [0.1, 0.15) is 12.1 Å². The van der Waals surface area contributed by atoms with Crippen LogP contribution in [-0.4, -0.2) is 52.7 Å². The predicted octanol–water partition coefficient (Wildman–Crippen LogP) is 1.09. The van der Waals surface area contributed by atoms with Crippen molar-refractivity contribution in [2.75, 3.05) is 11.9 Å². The van der Waals surface area contributed by atoms with Crippen LogP contribution in [0.15, 0.2) is 24.3 Å². The maximum absolute atomic E-state index is 12.2. The number of hydrogen-bond acceptors (Lipinski definition) is 6. The summed E-state index contributed by atoms with van der Waals surface area (Å²) in [6.45, 7) is 5.14. The van der Waals surface area contributed by atoms with Gasteiger partial charge in [-0.3, -0.25) is 24.1 Å². The lowest BCUT2D eigenvalue weighted by Gasteiger charge is -2.18. The molecule has 1 unspecified atom stereocenters. The molecule has 2 rings (SSSR count). The number of benzene rings is 1. The van der Waals surface area contributed by atoms with Gasteiger partial charge in [0.05, 0.1) is 5.69 Å². The standard InChI is InChI=1S/C18H21N3O6/c1-10(22)12-7-5-6-8-13(12)19-15(24)11(2)27-14(23)9-21-16(25)18(3,4)20-17(21)26/h5-8,11H,9H2,1-4H3,(H,19,24)(H,20,26). The summed E-state index contributed by atoms with van der Waals surface area (Å²) in [7, 11) is 0. The average molecular weight is 375 g/mol. The van der Waals surface area contributed by atoms with E-state index in [4.69, 9.17) is 4.74 Å². The molecule has 1 aliphatic rings. The Morgan fingerprint density at radius 3 is 2.41 bits per heavy atom. The summed E-state index contributed by atoms with van der Waals surface area (Å²) in [5, 5.41) is 4.97. The van der Waals surface area contributed by atoms with Crippen molar-refractivity contribution in [2.24, 2.45) is 0 Å². The predicted molar refractivity (Wildman–Crippen MR) is 95.0 cm³/mol. The Morgan fingerprint density at radius 1 is 1.22 bits per heavy atom. The van der Waals surface area contributed by atoms with E-state index in [9.17, 15) is 24.0 Å². The molecule has 1 saturated heterocycles. The van der Waals surface area contributed by atoms with Crippen LogP contribution in [0.4, 0.5) is 10.5 Å². The number of para-hydroxylation sites is 1. The van der Waals surface area contributed by atoms with Gasteiger partial charge in [-0.1, -0.05) is 12.1 Å². The largest absolute Gasteiger partial charge is 0.451 e. The van der Waals surface area contributed by atoms with E-state index in [-0.39, 0.29) is 5.78 Å². The first-order chi connectivity index (χ1) is 12.5. The lowest BCUT2D eigenvalue weighted by atomic mass is 10.1. The van der Waals surface area contributed by atoms with E-state index in [0.717, 1.165) is 4.90 Å². The van der Waals surface area contributed by atoms with Crippen molar-refractivity contribution in [3.8, 4) is 0 Å². The number of ether oxygens (including phenoxy) is 1. The molecule has 0 aromatic heterocycles. The van der Waals surface area contributed by atoms with Gasteiger partial charge in [-0.15, -0.1) is 0 Å². The fourth-order valence-corrected chi connectivity index (χ4v) is 2.51. The molecule has 0 bridgehead atoms.